The van der Waals surface area contributed by atoms with E-state index < -0.39 is 0 Å². The summed E-state index contributed by atoms with van der Waals surface area (Å²) in [7, 11) is 0. The third-order valence-electron chi connectivity index (χ3n) is 2.71. The molecule has 1 heterocycles. The van der Waals surface area contributed by atoms with Gasteiger partial charge in [-0.15, -0.1) is 0 Å². The Morgan fingerprint density at radius 3 is 2.80 bits per heavy atom. The third-order valence-corrected chi connectivity index (χ3v) is 2.71. The molecule has 0 radical (unpaired) electrons. The van der Waals surface area contributed by atoms with Gasteiger partial charge in [0.15, 0.2) is 0 Å². The molecular formula is C14H17N. The first-order chi connectivity index (χ1) is 7.36. The van der Waals surface area contributed by atoms with Crippen LogP contribution < -0.4 is 0 Å². The van der Waals surface area contributed by atoms with E-state index in [2.05, 4.69) is 66.6 Å². The van der Waals surface area contributed by atoms with E-state index in [0.717, 1.165) is 13.0 Å². The molecule has 0 saturated heterocycles. The minimum atomic E-state index is 0.490. The quantitative estimate of drug-likeness (QED) is 0.660. The Kier molecular flexibility index (Phi) is 3.23. The number of allylic oxidation sites excluding steroid dienone is 2. The normalized spacial score (nSPS) is 20.3. The van der Waals surface area contributed by atoms with Crippen LogP contribution in [-0.2, 0) is 6.54 Å². The zero-order chi connectivity index (χ0) is 10.5. The zero-order valence-corrected chi connectivity index (χ0v) is 9.13. The standard InChI is InChI=1S/C14H17N/c1-13-8-4-3-7-11-15(13)12-14-9-5-2-6-10-14/h2,4-11,13H,3,12H2,1H3/t13-/m1/s1. The van der Waals surface area contributed by atoms with Crippen molar-refractivity contribution >= 4 is 0 Å². The fraction of sp³-hybridized carbons (Fsp3) is 0.286. The van der Waals surface area contributed by atoms with Gasteiger partial charge in [-0.25, -0.2) is 0 Å². The monoisotopic (exact) mass is 199 g/mol. The second kappa shape index (κ2) is 4.83. The maximum absolute atomic E-state index is 2.36. The van der Waals surface area contributed by atoms with Crippen molar-refractivity contribution in [1.82, 2.24) is 4.90 Å². The molecule has 0 aliphatic carbocycles. The molecule has 0 fully saturated rings. The molecule has 78 valence electrons. The second-order valence-electron chi connectivity index (χ2n) is 3.95. The van der Waals surface area contributed by atoms with Crippen LogP contribution in [-0.4, -0.2) is 10.9 Å². The number of benzene rings is 1. The number of rotatable bonds is 2. The number of hydrogen-bond donors (Lipinski definition) is 0. The van der Waals surface area contributed by atoms with Gasteiger partial charge in [0.05, 0.1) is 0 Å². The SMILES string of the molecule is C[C@@H]1C=CCC=CN1Cc1ccccc1. The van der Waals surface area contributed by atoms with Gasteiger partial charge in [-0.3, -0.25) is 0 Å². The van der Waals surface area contributed by atoms with Gasteiger partial charge >= 0.3 is 0 Å². The summed E-state index contributed by atoms with van der Waals surface area (Å²) in [4.78, 5) is 2.36. The lowest BCUT2D eigenvalue weighted by Crippen LogP contribution is -2.25. The highest BCUT2D eigenvalue weighted by Crippen LogP contribution is 2.12. The van der Waals surface area contributed by atoms with Crippen LogP contribution in [0.5, 0.6) is 0 Å². The molecule has 0 unspecified atom stereocenters. The van der Waals surface area contributed by atoms with Crippen molar-refractivity contribution in [1.29, 1.82) is 0 Å². The largest absolute Gasteiger partial charge is 0.367 e. The minimum absolute atomic E-state index is 0.490. The molecule has 1 heteroatoms. The topological polar surface area (TPSA) is 3.24 Å². The first-order valence-electron chi connectivity index (χ1n) is 5.49. The predicted molar refractivity (Wildman–Crippen MR) is 64.3 cm³/mol. The van der Waals surface area contributed by atoms with E-state index in [0.29, 0.717) is 6.04 Å². The van der Waals surface area contributed by atoms with Gasteiger partial charge in [0.1, 0.15) is 0 Å². The Labute approximate surface area is 91.7 Å². The predicted octanol–water partition coefficient (Wildman–Crippen LogP) is 3.35. The summed E-state index contributed by atoms with van der Waals surface area (Å²) >= 11 is 0. The Bertz CT molecular complexity index is 351. The van der Waals surface area contributed by atoms with E-state index in [-0.39, 0.29) is 0 Å². The summed E-state index contributed by atoms with van der Waals surface area (Å²) in [6, 6.07) is 11.1. The average Bonchev–Trinajstić information content (AvgIpc) is 2.46. The summed E-state index contributed by atoms with van der Waals surface area (Å²) in [5.41, 5.74) is 1.37. The van der Waals surface area contributed by atoms with Crippen molar-refractivity contribution in [2.75, 3.05) is 0 Å². The summed E-state index contributed by atoms with van der Waals surface area (Å²) < 4.78 is 0. The molecule has 0 N–H and O–H groups in total. The molecular weight excluding hydrogens is 182 g/mol. The Morgan fingerprint density at radius 1 is 1.20 bits per heavy atom. The van der Waals surface area contributed by atoms with Crippen LogP contribution in [0.15, 0.2) is 54.8 Å². The summed E-state index contributed by atoms with van der Waals surface area (Å²) in [6.45, 7) is 3.22. The smallest absolute Gasteiger partial charge is 0.0443 e. The summed E-state index contributed by atoms with van der Waals surface area (Å²) in [6.07, 6.45) is 9.96. The fourth-order valence-electron chi connectivity index (χ4n) is 1.79. The van der Waals surface area contributed by atoms with Crippen LogP contribution in [0, 0.1) is 0 Å². The van der Waals surface area contributed by atoms with Crippen molar-refractivity contribution in [3.8, 4) is 0 Å². The van der Waals surface area contributed by atoms with Crippen molar-refractivity contribution in [2.24, 2.45) is 0 Å². The highest BCUT2D eigenvalue weighted by Gasteiger charge is 2.08. The van der Waals surface area contributed by atoms with Crippen LogP contribution in [0.25, 0.3) is 0 Å². The summed E-state index contributed by atoms with van der Waals surface area (Å²) in [5, 5.41) is 0. The molecule has 1 aromatic rings. The van der Waals surface area contributed by atoms with E-state index in [1.165, 1.54) is 5.56 Å². The maximum Gasteiger partial charge on any atom is 0.0443 e. The first kappa shape index (κ1) is 10.0. The first-order valence-corrected chi connectivity index (χ1v) is 5.49. The van der Waals surface area contributed by atoms with Crippen molar-refractivity contribution in [2.45, 2.75) is 25.9 Å². The molecule has 0 aromatic heterocycles. The lowest BCUT2D eigenvalue weighted by molar-refractivity contribution is 0.330. The second-order valence-corrected chi connectivity index (χ2v) is 3.95. The molecule has 1 aromatic carbocycles. The highest BCUT2D eigenvalue weighted by molar-refractivity contribution is 5.16. The molecule has 15 heavy (non-hydrogen) atoms. The average molecular weight is 199 g/mol. The molecule has 2 rings (SSSR count). The van der Waals surface area contributed by atoms with E-state index in [1.807, 2.05) is 0 Å². The molecule has 1 aliphatic heterocycles. The fourth-order valence-corrected chi connectivity index (χ4v) is 1.79. The van der Waals surface area contributed by atoms with E-state index in [1.54, 1.807) is 0 Å². The van der Waals surface area contributed by atoms with Crippen LogP contribution in [0.3, 0.4) is 0 Å². The Balaban J connectivity index is 2.08. The Morgan fingerprint density at radius 2 is 2.00 bits per heavy atom. The molecule has 1 atom stereocenters. The molecule has 1 nitrogen and oxygen atoms in total. The molecule has 0 saturated carbocycles. The lowest BCUT2D eigenvalue weighted by Gasteiger charge is -2.24. The molecule has 0 spiro atoms. The van der Waals surface area contributed by atoms with Gasteiger partial charge in [0.2, 0.25) is 0 Å². The maximum atomic E-state index is 2.36. The highest BCUT2D eigenvalue weighted by atomic mass is 15.1. The molecule has 1 aliphatic rings. The zero-order valence-electron chi connectivity index (χ0n) is 9.13. The summed E-state index contributed by atoms with van der Waals surface area (Å²) in [5.74, 6) is 0. The van der Waals surface area contributed by atoms with Crippen LogP contribution >= 0.6 is 0 Å². The van der Waals surface area contributed by atoms with Gasteiger partial charge in [-0.2, -0.15) is 0 Å². The third kappa shape index (κ3) is 2.72. The van der Waals surface area contributed by atoms with Gasteiger partial charge < -0.3 is 4.90 Å². The van der Waals surface area contributed by atoms with Crippen LogP contribution in [0.2, 0.25) is 0 Å². The Hall–Kier alpha value is -1.50. The van der Waals surface area contributed by atoms with Gasteiger partial charge in [-0.05, 0) is 25.1 Å². The van der Waals surface area contributed by atoms with E-state index >= 15 is 0 Å². The van der Waals surface area contributed by atoms with Crippen LogP contribution in [0.4, 0.5) is 0 Å². The minimum Gasteiger partial charge on any atom is -0.367 e. The number of nitrogens with zero attached hydrogens (tertiary/aromatic N) is 1. The van der Waals surface area contributed by atoms with Gasteiger partial charge in [-0.1, -0.05) is 48.6 Å². The number of hydrogen-bond acceptors (Lipinski definition) is 1. The molecule has 0 amide bonds. The van der Waals surface area contributed by atoms with Crippen molar-refractivity contribution < 1.29 is 0 Å². The van der Waals surface area contributed by atoms with E-state index in [4.69, 9.17) is 0 Å². The van der Waals surface area contributed by atoms with Crippen molar-refractivity contribution in [3.63, 3.8) is 0 Å². The van der Waals surface area contributed by atoms with Gasteiger partial charge in [0.25, 0.3) is 0 Å². The van der Waals surface area contributed by atoms with E-state index in [9.17, 15) is 0 Å². The van der Waals surface area contributed by atoms with Gasteiger partial charge in [0, 0.05) is 12.6 Å². The molecule has 0 bridgehead atoms. The van der Waals surface area contributed by atoms with Crippen LogP contribution in [0.1, 0.15) is 18.9 Å². The lowest BCUT2D eigenvalue weighted by atomic mass is 10.2. The van der Waals surface area contributed by atoms with Crippen molar-refractivity contribution in [3.05, 3.63) is 60.3 Å².